The van der Waals surface area contributed by atoms with Gasteiger partial charge in [-0.05, 0) is 30.2 Å². The Morgan fingerprint density at radius 1 is 1.24 bits per heavy atom. The van der Waals surface area contributed by atoms with Gasteiger partial charge in [0.25, 0.3) is 0 Å². The van der Waals surface area contributed by atoms with Gasteiger partial charge in [-0.25, -0.2) is 18.4 Å². The molecule has 0 aliphatic rings. The Bertz CT molecular complexity index is 700. The number of aromatic nitrogens is 2. The summed E-state index contributed by atoms with van der Waals surface area (Å²) in [6, 6.07) is 6.75. The molecule has 0 aliphatic carbocycles. The van der Waals surface area contributed by atoms with Crippen molar-refractivity contribution in [2.24, 2.45) is 5.73 Å². The normalized spacial score (nSPS) is 11.5. The number of benzene rings is 1. The van der Waals surface area contributed by atoms with E-state index in [0.717, 1.165) is 11.1 Å². The van der Waals surface area contributed by atoms with Crippen molar-refractivity contribution in [2.45, 2.75) is 23.5 Å². The summed E-state index contributed by atoms with van der Waals surface area (Å²) in [5.74, 6) is 0.459. The molecule has 0 saturated carbocycles. The van der Waals surface area contributed by atoms with Crippen LogP contribution in [0.5, 0.6) is 0 Å². The first-order valence-electron chi connectivity index (χ1n) is 6.44. The lowest BCUT2D eigenvalue weighted by Crippen LogP contribution is -2.10. The minimum absolute atomic E-state index is 0.0446. The van der Waals surface area contributed by atoms with Crippen LogP contribution < -0.4 is 5.73 Å². The summed E-state index contributed by atoms with van der Waals surface area (Å²) in [4.78, 5) is 8.59. The molecule has 112 valence electrons. The first-order valence-corrected chi connectivity index (χ1v) is 9.08. The van der Waals surface area contributed by atoms with Crippen LogP contribution in [0.2, 0.25) is 0 Å². The highest BCUT2D eigenvalue weighted by Crippen LogP contribution is 2.17. The lowest BCUT2D eigenvalue weighted by atomic mass is 10.2. The van der Waals surface area contributed by atoms with Gasteiger partial charge in [0.1, 0.15) is 0 Å². The summed E-state index contributed by atoms with van der Waals surface area (Å²) in [6.45, 7) is 2.23. The number of sulfone groups is 1. The predicted molar refractivity (Wildman–Crippen MR) is 83.9 cm³/mol. The Hall–Kier alpha value is -1.44. The highest BCUT2D eigenvalue weighted by atomic mass is 32.2. The van der Waals surface area contributed by atoms with Crippen LogP contribution in [0, 0.1) is 6.92 Å². The second-order valence-corrected chi connectivity index (χ2v) is 7.73. The van der Waals surface area contributed by atoms with Crippen LogP contribution in [0.25, 0.3) is 0 Å². The maximum absolute atomic E-state index is 12.2. The van der Waals surface area contributed by atoms with Gasteiger partial charge in [-0.1, -0.05) is 23.9 Å². The molecule has 0 fully saturated rings. The standard InChI is InChI=1S/C14H17N3O2S2/c1-11-9-16-14(17-10-11)20-5-6-21(18,19)13-4-2-3-12(7-13)8-15/h2-4,7,9-10H,5-6,8,15H2,1H3. The van der Waals surface area contributed by atoms with Crippen LogP contribution in [0.3, 0.4) is 0 Å². The van der Waals surface area contributed by atoms with Crippen molar-refractivity contribution < 1.29 is 8.42 Å². The molecule has 0 radical (unpaired) electrons. The van der Waals surface area contributed by atoms with E-state index < -0.39 is 9.84 Å². The largest absolute Gasteiger partial charge is 0.326 e. The molecule has 0 bridgehead atoms. The highest BCUT2D eigenvalue weighted by molar-refractivity contribution is 8.00. The summed E-state index contributed by atoms with van der Waals surface area (Å²) in [5, 5.41) is 0.589. The topological polar surface area (TPSA) is 85.9 Å². The van der Waals surface area contributed by atoms with Gasteiger partial charge in [0, 0.05) is 24.7 Å². The quantitative estimate of drug-likeness (QED) is 0.644. The number of hydrogen-bond donors (Lipinski definition) is 1. The molecule has 0 atom stereocenters. The van der Waals surface area contributed by atoms with Gasteiger partial charge >= 0.3 is 0 Å². The van der Waals surface area contributed by atoms with Gasteiger partial charge in [-0.3, -0.25) is 0 Å². The van der Waals surface area contributed by atoms with Crippen molar-refractivity contribution in [3.05, 3.63) is 47.8 Å². The molecule has 1 aromatic heterocycles. The number of aryl methyl sites for hydroxylation is 1. The smallest absolute Gasteiger partial charge is 0.187 e. The molecule has 0 saturated heterocycles. The molecule has 0 unspecified atom stereocenters. The van der Waals surface area contributed by atoms with Crippen molar-refractivity contribution >= 4 is 21.6 Å². The lowest BCUT2D eigenvalue weighted by Gasteiger charge is -2.06. The molecule has 0 aliphatic heterocycles. The minimum atomic E-state index is -3.30. The first-order chi connectivity index (χ1) is 10.0. The van der Waals surface area contributed by atoms with Gasteiger partial charge in [-0.15, -0.1) is 0 Å². The lowest BCUT2D eigenvalue weighted by molar-refractivity contribution is 0.597. The van der Waals surface area contributed by atoms with Crippen molar-refractivity contribution in [3.8, 4) is 0 Å². The zero-order chi connectivity index (χ0) is 15.3. The van der Waals surface area contributed by atoms with Crippen molar-refractivity contribution in [1.82, 2.24) is 9.97 Å². The van der Waals surface area contributed by atoms with Crippen LogP contribution in [-0.4, -0.2) is 29.9 Å². The van der Waals surface area contributed by atoms with E-state index in [1.54, 1.807) is 30.6 Å². The molecular formula is C14H17N3O2S2. The van der Waals surface area contributed by atoms with E-state index in [1.807, 2.05) is 13.0 Å². The van der Waals surface area contributed by atoms with E-state index in [9.17, 15) is 8.42 Å². The van der Waals surface area contributed by atoms with Gasteiger partial charge < -0.3 is 5.73 Å². The molecular weight excluding hydrogens is 306 g/mol. The van der Waals surface area contributed by atoms with Crippen LogP contribution in [0.1, 0.15) is 11.1 Å². The second kappa shape index (κ2) is 7.02. The van der Waals surface area contributed by atoms with Gasteiger partial charge in [0.15, 0.2) is 15.0 Å². The minimum Gasteiger partial charge on any atom is -0.326 e. The Morgan fingerprint density at radius 2 is 1.95 bits per heavy atom. The average Bonchev–Trinajstić information content (AvgIpc) is 2.49. The number of nitrogens with two attached hydrogens (primary N) is 1. The molecule has 1 aromatic carbocycles. The van der Waals surface area contributed by atoms with Crippen LogP contribution >= 0.6 is 11.8 Å². The van der Waals surface area contributed by atoms with E-state index >= 15 is 0 Å². The van der Waals surface area contributed by atoms with E-state index in [1.165, 1.54) is 11.8 Å². The maximum Gasteiger partial charge on any atom is 0.187 e. The van der Waals surface area contributed by atoms with Crippen LogP contribution in [0.4, 0.5) is 0 Å². The number of hydrogen-bond acceptors (Lipinski definition) is 6. The molecule has 21 heavy (non-hydrogen) atoms. The Kier molecular flexibility index (Phi) is 5.33. The molecule has 5 nitrogen and oxygen atoms in total. The zero-order valence-electron chi connectivity index (χ0n) is 11.7. The fourth-order valence-corrected chi connectivity index (χ4v) is 4.18. The van der Waals surface area contributed by atoms with E-state index in [4.69, 9.17) is 5.73 Å². The number of thioether (sulfide) groups is 1. The summed E-state index contributed by atoms with van der Waals surface area (Å²) < 4.78 is 24.5. The van der Waals surface area contributed by atoms with Crippen LogP contribution in [0.15, 0.2) is 46.7 Å². The molecule has 2 aromatic rings. The zero-order valence-corrected chi connectivity index (χ0v) is 13.3. The van der Waals surface area contributed by atoms with Gasteiger partial charge in [0.2, 0.25) is 0 Å². The third-order valence-electron chi connectivity index (χ3n) is 2.83. The molecule has 2 N–H and O–H groups in total. The maximum atomic E-state index is 12.2. The van der Waals surface area contributed by atoms with E-state index in [0.29, 0.717) is 22.3 Å². The second-order valence-electron chi connectivity index (χ2n) is 4.56. The van der Waals surface area contributed by atoms with Gasteiger partial charge in [0.05, 0.1) is 10.6 Å². The summed E-state index contributed by atoms with van der Waals surface area (Å²) in [7, 11) is -3.30. The molecule has 7 heteroatoms. The fraction of sp³-hybridized carbons (Fsp3) is 0.286. The SMILES string of the molecule is Cc1cnc(SCCS(=O)(=O)c2cccc(CN)c2)nc1. The van der Waals surface area contributed by atoms with Crippen molar-refractivity contribution in [3.63, 3.8) is 0 Å². The highest BCUT2D eigenvalue weighted by Gasteiger charge is 2.15. The average molecular weight is 323 g/mol. The van der Waals surface area contributed by atoms with Crippen LogP contribution in [-0.2, 0) is 16.4 Å². The monoisotopic (exact) mass is 323 g/mol. The van der Waals surface area contributed by atoms with E-state index in [2.05, 4.69) is 9.97 Å². The Morgan fingerprint density at radius 3 is 2.62 bits per heavy atom. The third kappa shape index (κ3) is 4.52. The predicted octanol–water partition coefficient (Wildman–Crippen LogP) is 1.81. The molecule has 2 rings (SSSR count). The van der Waals surface area contributed by atoms with Gasteiger partial charge in [-0.2, -0.15) is 0 Å². The number of nitrogens with zero attached hydrogens (tertiary/aromatic N) is 2. The summed E-state index contributed by atoms with van der Waals surface area (Å²) in [6.07, 6.45) is 3.43. The van der Waals surface area contributed by atoms with Crippen molar-refractivity contribution in [1.29, 1.82) is 0 Å². The number of rotatable bonds is 6. The summed E-state index contributed by atoms with van der Waals surface area (Å²) >= 11 is 1.33. The van der Waals surface area contributed by atoms with E-state index in [-0.39, 0.29) is 5.75 Å². The van der Waals surface area contributed by atoms with Crippen molar-refractivity contribution in [2.75, 3.05) is 11.5 Å². The first kappa shape index (κ1) is 15.9. The third-order valence-corrected chi connectivity index (χ3v) is 5.68. The molecule has 0 amide bonds. The Balaban J connectivity index is 1.99. The fourth-order valence-electron chi connectivity index (χ4n) is 1.68. The molecule has 1 heterocycles. The Labute approximate surface area is 128 Å². The molecule has 0 spiro atoms. The summed E-state index contributed by atoms with van der Waals surface area (Å²) in [5.41, 5.74) is 7.32.